The molecule has 2 heteroatoms. The maximum atomic E-state index is 6.29. The summed E-state index contributed by atoms with van der Waals surface area (Å²) in [5, 5.41) is 0. The second-order valence-electron chi connectivity index (χ2n) is 4.73. The Balaban J connectivity index is 1.95. The maximum absolute atomic E-state index is 6.29. The summed E-state index contributed by atoms with van der Waals surface area (Å²) < 4.78 is 0. The zero-order chi connectivity index (χ0) is 13.5. The normalized spacial score (nSPS) is 12.3. The molecule has 0 aliphatic heterocycles. The van der Waals surface area contributed by atoms with Crippen molar-refractivity contribution >= 4 is 11.8 Å². The third-order valence-electron chi connectivity index (χ3n) is 3.09. The first-order valence-corrected chi connectivity index (χ1v) is 7.80. The van der Waals surface area contributed by atoms with E-state index in [0.29, 0.717) is 0 Å². The van der Waals surface area contributed by atoms with Gasteiger partial charge in [-0.3, -0.25) is 0 Å². The lowest BCUT2D eigenvalue weighted by Crippen LogP contribution is -2.13. The van der Waals surface area contributed by atoms with Crippen LogP contribution in [0.2, 0.25) is 0 Å². The van der Waals surface area contributed by atoms with Crippen LogP contribution in [0, 0.1) is 0 Å². The second-order valence-corrected chi connectivity index (χ2v) is 5.82. The van der Waals surface area contributed by atoms with Gasteiger partial charge in [0.15, 0.2) is 0 Å². The van der Waals surface area contributed by atoms with Gasteiger partial charge in [-0.05, 0) is 29.7 Å². The van der Waals surface area contributed by atoms with Crippen molar-refractivity contribution in [2.45, 2.75) is 30.7 Å². The van der Waals surface area contributed by atoms with Crippen molar-refractivity contribution in [3.05, 3.63) is 65.7 Å². The Morgan fingerprint density at radius 2 is 1.84 bits per heavy atom. The van der Waals surface area contributed by atoms with E-state index in [0.717, 1.165) is 12.2 Å². The van der Waals surface area contributed by atoms with E-state index in [9.17, 15) is 0 Å². The molecule has 1 atom stereocenters. The number of benzene rings is 2. The van der Waals surface area contributed by atoms with E-state index in [1.54, 1.807) is 0 Å². The number of thioether (sulfide) groups is 1. The van der Waals surface area contributed by atoms with Gasteiger partial charge < -0.3 is 5.73 Å². The molecule has 0 fully saturated rings. The monoisotopic (exact) mass is 271 g/mol. The number of hydrogen-bond acceptors (Lipinski definition) is 2. The first kappa shape index (κ1) is 14.2. The van der Waals surface area contributed by atoms with Gasteiger partial charge in [-0.15, -0.1) is 11.8 Å². The van der Waals surface area contributed by atoms with Crippen molar-refractivity contribution in [3.63, 3.8) is 0 Å². The summed E-state index contributed by atoms with van der Waals surface area (Å²) >= 11 is 1.82. The fourth-order valence-electron chi connectivity index (χ4n) is 2.07. The van der Waals surface area contributed by atoms with Crippen LogP contribution in [0.5, 0.6) is 0 Å². The van der Waals surface area contributed by atoms with Crippen LogP contribution in [-0.4, -0.2) is 5.75 Å². The molecule has 0 aliphatic rings. The Morgan fingerprint density at radius 3 is 2.58 bits per heavy atom. The van der Waals surface area contributed by atoms with Crippen LogP contribution in [-0.2, 0) is 6.42 Å². The van der Waals surface area contributed by atoms with Gasteiger partial charge in [0.1, 0.15) is 0 Å². The van der Waals surface area contributed by atoms with Crippen molar-refractivity contribution in [1.29, 1.82) is 0 Å². The Hall–Kier alpha value is -1.25. The predicted molar refractivity (Wildman–Crippen MR) is 84.5 cm³/mol. The number of hydrogen-bond donors (Lipinski definition) is 1. The van der Waals surface area contributed by atoms with Gasteiger partial charge in [-0.1, -0.05) is 55.8 Å². The maximum Gasteiger partial charge on any atom is 0.0390 e. The molecule has 0 saturated heterocycles. The van der Waals surface area contributed by atoms with Gasteiger partial charge >= 0.3 is 0 Å². The highest BCUT2D eigenvalue weighted by Crippen LogP contribution is 2.23. The van der Waals surface area contributed by atoms with E-state index in [2.05, 4.69) is 55.5 Å². The van der Waals surface area contributed by atoms with Crippen molar-refractivity contribution in [1.82, 2.24) is 0 Å². The molecule has 2 N–H and O–H groups in total. The highest BCUT2D eigenvalue weighted by atomic mass is 32.2. The summed E-state index contributed by atoms with van der Waals surface area (Å²) in [4.78, 5) is 1.28. The van der Waals surface area contributed by atoms with Crippen LogP contribution in [0.25, 0.3) is 0 Å². The molecule has 0 spiro atoms. The molecule has 2 aromatic carbocycles. The lowest BCUT2D eigenvalue weighted by atomic mass is 10.0. The molecule has 0 aromatic heterocycles. The summed E-state index contributed by atoms with van der Waals surface area (Å²) in [6.45, 7) is 2.21. The second kappa shape index (κ2) is 7.37. The Labute approximate surface area is 120 Å². The summed E-state index contributed by atoms with van der Waals surface area (Å²) in [5.41, 5.74) is 8.92. The minimum Gasteiger partial charge on any atom is -0.323 e. The minimum absolute atomic E-state index is 0.0991. The van der Waals surface area contributed by atoms with Crippen LogP contribution < -0.4 is 5.73 Å². The largest absolute Gasteiger partial charge is 0.323 e. The summed E-state index contributed by atoms with van der Waals surface area (Å²) in [7, 11) is 0. The molecule has 0 heterocycles. The van der Waals surface area contributed by atoms with Gasteiger partial charge in [0.05, 0.1) is 0 Å². The van der Waals surface area contributed by atoms with Crippen LogP contribution in [0.15, 0.2) is 59.5 Å². The third kappa shape index (κ3) is 4.41. The average Bonchev–Trinajstić information content (AvgIpc) is 2.46. The molecule has 0 aliphatic carbocycles. The lowest BCUT2D eigenvalue weighted by Gasteiger charge is -2.13. The van der Waals surface area contributed by atoms with Gasteiger partial charge in [0.2, 0.25) is 0 Å². The van der Waals surface area contributed by atoms with Crippen molar-refractivity contribution in [2.24, 2.45) is 5.73 Å². The zero-order valence-electron chi connectivity index (χ0n) is 11.4. The molecule has 2 aromatic rings. The molecule has 0 amide bonds. The minimum atomic E-state index is 0.0991. The van der Waals surface area contributed by atoms with Crippen LogP contribution in [0.1, 0.15) is 30.5 Å². The number of nitrogens with two attached hydrogens (primary N) is 1. The highest BCUT2D eigenvalue weighted by molar-refractivity contribution is 7.99. The van der Waals surface area contributed by atoms with Gasteiger partial charge in [0.25, 0.3) is 0 Å². The van der Waals surface area contributed by atoms with E-state index in [1.165, 1.54) is 22.4 Å². The summed E-state index contributed by atoms with van der Waals surface area (Å²) in [6.07, 6.45) is 2.31. The first-order chi connectivity index (χ1) is 9.29. The summed E-state index contributed by atoms with van der Waals surface area (Å²) in [6, 6.07) is 19.2. The molecule has 0 bridgehead atoms. The zero-order valence-corrected chi connectivity index (χ0v) is 12.2. The molecule has 19 heavy (non-hydrogen) atoms. The van der Waals surface area contributed by atoms with Crippen molar-refractivity contribution in [3.8, 4) is 0 Å². The highest BCUT2D eigenvalue weighted by Gasteiger charge is 2.07. The van der Waals surface area contributed by atoms with Gasteiger partial charge in [0, 0.05) is 16.7 Å². The number of rotatable bonds is 6. The van der Waals surface area contributed by atoms with Crippen molar-refractivity contribution in [2.75, 3.05) is 5.75 Å². The Kier molecular flexibility index (Phi) is 5.49. The standard InChI is InChI=1S/C17H21NS/c1-2-7-14-8-6-9-15(12-14)17(18)13-19-16-10-4-3-5-11-16/h3-6,8-12,17H,2,7,13,18H2,1H3. The topological polar surface area (TPSA) is 26.0 Å². The summed E-state index contributed by atoms with van der Waals surface area (Å²) in [5.74, 6) is 0.916. The van der Waals surface area contributed by atoms with E-state index in [-0.39, 0.29) is 6.04 Å². The molecular formula is C17H21NS. The van der Waals surface area contributed by atoms with Gasteiger partial charge in [-0.25, -0.2) is 0 Å². The third-order valence-corrected chi connectivity index (χ3v) is 4.22. The van der Waals surface area contributed by atoms with E-state index >= 15 is 0 Å². The molecule has 2 rings (SSSR count). The molecule has 1 nitrogen and oxygen atoms in total. The lowest BCUT2D eigenvalue weighted by molar-refractivity contribution is 0.823. The molecular weight excluding hydrogens is 250 g/mol. The Bertz CT molecular complexity index is 496. The van der Waals surface area contributed by atoms with E-state index in [4.69, 9.17) is 5.73 Å². The van der Waals surface area contributed by atoms with E-state index < -0.39 is 0 Å². The Morgan fingerprint density at radius 1 is 1.05 bits per heavy atom. The van der Waals surface area contributed by atoms with E-state index in [1.807, 2.05) is 17.8 Å². The average molecular weight is 271 g/mol. The number of aryl methyl sites for hydroxylation is 1. The fourth-order valence-corrected chi connectivity index (χ4v) is 2.98. The van der Waals surface area contributed by atoms with Crippen LogP contribution in [0.4, 0.5) is 0 Å². The first-order valence-electron chi connectivity index (χ1n) is 6.82. The smallest absolute Gasteiger partial charge is 0.0390 e. The molecule has 0 radical (unpaired) electrons. The quantitative estimate of drug-likeness (QED) is 0.786. The molecule has 100 valence electrons. The fraction of sp³-hybridized carbons (Fsp3) is 0.294. The molecule has 1 unspecified atom stereocenters. The predicted octanol–water partition coefficient (Wildman–Crippen LogP) is 4.43. The van der Waals surface area contributed by atoms with Crippen LogP contribution in [0.3, 0.4) is 0 Å². The van der Waals surface area contributed by atoms with Gasteiger partial charge in [-0.2, -0.15) is 0 Å². The van der Waals surface area contributed by atoms with Crippen molar-refractivity contribution < 1.29 is 0 Å². The molecule has 0 saturated carbocycles. The van der Waals surface area contributed by atoms with Crippen LogP contribution >= 0.6 is 11.8 Å². The SMILES string of the molecule is CCCc1cccc(C(N)CSc2ccccc2)c1.